The Morgan fingerprint density at radius 1 is 1.22 bits per heavy atom. The largest absolute Gasteiger partial charge is 0.497 e. The summed E-state index contributed by atoms with van der Waals surface area (Å²) in [4.78, 5) is 14.1. The highest BCUT2D eigenvalue weighted by atomic mass is 16.5. The van der Waals surface area contributed by atoms with Gasteiger partial charge in [0, 0.05) is 32.7 Å². The third-order valence-electron chi connectivity index (χ3n) is 3.89. The molecule has 128 valence electrons. The number of amides is 1. The van der Waals surface area contributed by atoms with Crippen molar-refractivity contribution < 1.29 is 14.3 Å². The Kier molecular flexibility index (Phi) is 7.86. The molecular formula is C17H27N3O3. The maximum Gasteiger partial charge on any atom is 0.233 e. The molecule has 0 saturated carbocycles. The third kappa shape index (κ3) is 6.99. The Morgan fingerprint density at radius 2 is 1.96 bits per heavy atom. The van der Waals surface area contributed by atoms with Crippen LogP contribution in [0.3, 0.4) is 0 Å². The van der Waals surface area contributed by atoms with Gasteiger partial charge in [-0.25, -0.2) is 0 Å². The van der Waals surface area contributed by atoms with E-state index in [1.54, 1.807) is 7.11 Å². The highest BCUT2D eigenvalue weighted by Crippen LogP contribution is 2.11. The number of benzene rings is 1. The molecule has 0 unspecified atom stereocenters. The first-order valence-electron chi connectivity index (χ1n) is 8.18. The topological polar surface area (TPSA) is 62.8 Å². The van der Waals surface area contributed by atoms with Crippen LogP contribution in [0.1, 0.15) is 5.56 Å². The van der Waals surface area contributed by atoms with Crippen LogP contribution in [0.15, 0.2) is 24.3 Å². The molecule has 6 heteroatoms. The summed E-state index contributed by atoms with van der Waals surface area (Å²) in [5.74, 6) is 0.891. The van der Waals surface area contributed by atoms with Crippen LogP contribution in [0.2, 0.25) is 0 Å². The Bertz CT molecular complexity index is 459. The number of carbonyl (C=O) groups excluding carboxylic acids is 1. The molecule has 0 atom stereocenters. The van der Waals surface area contributed by atoms with Gasteiger partial charge in [-0.3, -0.25) is 9.69 Å². The molecule has 2 N–H and O–H groups in total. The number of carbonyl (C=O) groups is 1. The summed E-state index contributed by atoms with van der Waals surface area (Å²) >= 11 is 0. The first-order chi connectivity index (χ1) is 11.3. The molecule has 1 amide bonds. The van der Waals surface area contributed by atoms with E-state index in [9.17, 15) is 4.79 Å². The molecule has 2 rings (SSSR count). The first kappa shape index (κ1) is 17.7. The van der Waals surface area contributed by atoms with Gasteiger partial charge < -0.3 is 20.1 Å². The molecule has 0 radical (unpaired) electrons. The lowest BCUT2D eigenvalue weighted by Gasteiger charge is -2.26. The minimum absolute atomic E-state index is 0.0421. The molecule has 1 aromatic carbocycles. The number of methoxy groups -OCH3 is 1. The van der Waals surface area contributed by atoms with Gasteiger partial charge in [-0.2, -0.15) is 0 Å². The van der Waals surface area contributed by atoms with E-state index < -0.39 is 0 Å². The van der Waals surface area contributed by atoms with Crippen molar-refractivity contribution in [1.82, 2.24) is 15.5 Å². The second-order valence-electron chi connectivity index (χ2n) is 5.58. The fourth-order valence-electron chi connectivity index (χ4n) is 2.46. The summed E-state index contributed by atoms with van der Waals surface area (Å²) in [6.07, 6.45) is 0.823. The van der Waals surface area contributed by atoms with E-state index in [-0.39, 0.29) is 5.91 Å². The highest BCUT2D eigenvalue weighted by Gasteiger charge is 2.09. The van der Waals surface area contributed by atoms with Crippen LogP contribution in [0.4, 0.5) is 0 Å². The molecule has 0 bridgehead atoms. The molecule has 1 saturated heterocycles. The maximum atomic E-state index is 11.8. The molecule has 1 aliphatic heterocycles. The van der Waals surface area contributed by atoms with Gasteiger partial charge in [0.15, 0.2) is 0 Å². The normalized spacial score (nSPS) is 15.3. The fraction of sp³-hybridized carbons (Fsp3) is 0.588. The average Bonchev–Trinajstić information content (AvgIpc) is 2.60. The minimum Gasteiger partial charge on any atom is -0.497 e. The lowest BCUT2D eigenvalue weighted by molar-refractivity contribution is -0.120. The Labute approximate surface area is 138 Å². The fourth-order valence-corrected chi connectivity index (χ4v) is 2.46. The van der Waals surface area contributed by atoms with Crippen molar-refractivity contribution in [2.45, 2.75) is 6.42 Å². The van der Waals surface area contributed by atoms with Gasteiger partial charge in [-0.15, -0.1) is 0 Å². The van der Waals surface area contributed by atoms with Crippen molar-refractivity contribution in [2.24, 2.45) is 0 Å². The van der Waals surface area contributed by atoms with Crippen molar-refractivity contribution in [1.29, 1.82) is 0 Å². The highest BCUT2D eigenvalue weighted by molar-refractivity contribution is 5.77. The number of hydrogen-bond donors (Lipinski definition) is 2. The van der Waals surface area contributed by atoms with Crippen molar-refractivity contribution in [3.8, 4) is 5.75 Å². The number of rotatable bonds is 9. The van der Waals surface area contributed by atoms with Gasteiger partial charge in [0.25, 0.3) is 0 Å². The van der Waals surface area contributed by atoms with Gasteiger partial charge in [-0.1, -0.05) is 12.1 Å². The van der Waals surface area contributed by atoms with Crippen molar-refractivity contribution in [3.05, 3.63) is 29.8 Å². The molecule has 0 spiro atoms. The molecule has 1 aliphatic rings. The van der Waals surface area contributed by atoms with E-state index in [4.69, 9.17) is 9.47 Å². The van der Waals surface area contributed by atoms with Crippen LogP contribution in [-0.2, 0) is 16.0 Å². The zero-order valence-corrected chi connectivity index (χ0v) is 13.8. The summed E-state index contributed by atoms with van der Waals surface area (Å²) in [7, 11) is 1.65. The number of ether oxygens (including phenoxy) is 2. The standard InChI is InChI=1S/C17H27N3O3/c1-22-16-4-2-15(3-5-16)6-7-19-17(21)14-18-8-9-20-10-12-23-13-11-20/h2-5,18H,6-14H2,1H3,(H,19,21). The second kappa shape index (κ2) is 10.2. The summed E-state index contributed by atoms with van der Waals surface area (Å²) in [6, 6.07) is 7.91. The van der Waals surface area contributed by atoms with Crippen LogP contribution in [0, 0.1) is 0 Å². The predicted molar refractivity (Wildman–Crippen MR) is 89.8 cm³/mol. The van der Waals surface area contributed by atoms with Crippen molar-refractivity contribution in [3.63, 3.8) is 0 Å². The smallest absolute Gasteiger partial charge is 0.233 e. The lowest BCUT2D eigenvalue weighted by Crippen LogP contribution is -2.42. The third-order valence-corrected chi connectivity index (χ3v) is 3.89. The molecule has 0 aliphatic carbocycles. The van der Waals surface area contributed by atoms with Crippen molar-refractivity contribution >= 4 is 5.91 Å². The second-order valence-corrected chi connectivity index (χ2v) is 5.58. The summed E-state index contributed by atoms with van der Waals surface area (Å²) in [6.45, 7) is 6.39. The van der Waals surface area contributed by atoms with Crippen LogP contribution in [-0.4, -0.2) is 70.4 Å². The van der Waals surface area contributed by atoms with Crippen LogP contribution in [0.5, 0.6) is 5.75 Å². The SMILES string of the molecule is COc1ccc(CCNC(=O)CNCCN2CCOCC2)cc1. The van der Waals surface area contributed by atoms with E-state index in [1.807, 2.05) is 24.3 Å². The summed E-state index contributed by atoms with van der Waals surface area (Å²) in [5.41, 5.74) is 1.19. The molecule has 0 aromatic heterocycles. The monoisotopic (exact) mass is 321 g/mol. The van der Waals surface area contributed by atoms with Gasteiger partial charge in [0.2, 0.25) is 5.91 Å². The number of morpholine rings is 1. The predicted octanol–water partition coefficient (Wildman–Crippen LogP) is 0.276. The summed E-state index contributed by atoms with van der Waals surface area (Å²) < 4.78 is 10.4. The Morgan fingerprint density at radius 3 is 2.65 bits per heavy atom. The maximum absolute atomic E-state index is 11.8. The number of nitrogens with zero attached hydrogens (tertiary/aromatic N) is 1. The van der Waals surface area contributed by atoms with Gasteiger partial charge >= 0.3 is 0 Å². The van der Waals surface area contributed by atoms with E-state index >= 15 is 0 Å². The van der Waals surface area contributed by atoms with E-state index in [2.05, 4.69) is 15.5 Å². The zero-order valence-electron chi connectivity index (χ0n) is 13.8. The Balaban J connectivity index is 1.50. The van der Waals surface area contributed by atoms with Gasteiger partial charge in [0.05, 0.1) is 26.9 Å². The zero-order chi connectivity index (χ0) is 16.3. The number of nitrogens with one attached hydrogen (secondary N) is 2. The molecule has 6 nitrogen and oxygen atoms in total. The van der Waals surface area contributed by atoms with Gasteiger partial charge in [0.1, 0.15) is 5.75 Å². The molecule has 1 aromatic rings. The van der Waals surface area contributed by atoms with E-state index in [0.29, 0.717) is 13.1 Å². The first-order valence-corrected chi connectivity index (χ1v) is 8.18. The lowest BCUT2D eigenvalue weighted by atomic mass is 10.1. The summed E-state index contributed by atoms with van der Waals surface area (Å²) in [5, 5.41) is 6.12. The molecular weight excluding hydrogens is 294 g/mol. The Hall–Kier alpha value is -1.63. The van der Waals surface area contributed by atoms with Crippen LogP contribution in [0.25, 0.3) is 0 Å². The molecule has 23 heavy (non-hydrogen) atoms. The van der Waals surface area contributed by atoms with Crippen LogP contribution < -0.4 is 15.4 Å². The number of hydrogen-bond acceptors (Lipinski definition) is 5. The molecule has 1 heterocycles. The van der Waals surface area contributed by atoms with Crippen molar-refractivity contribution in [2.75, 3.05) is 59.6 Å². The average molecular weight is 321 g/mol. The quantitative estimate of drug-likeness (QED) is 0.640. The van der Waals surface area contributed by atoms with Gasteiger partial charge in [-0.05, 0) is 24.1 Å². The molecule has 1 fully saturated rings. The van der Waals surface area contributed by atoms with E-state index in [1.165, 1.54) is 5.56 Å². The minimum atomic E-state index is 0.0421. The van der Waals surface area contributed by atoms with E-state index in [0.717, 1.165) is 51.6 Å². The van der Waals surface area contributed by atoms with Crippen LogP contribution >= 0.6 is 0 Å².